The van der Waals surface area contributed by atoms with E-state index in [2.05, 4.69) is 4.98 Å². The minimum atomic E-state index is -0.976. The first kappa shape index (κ1) is 14.2. The van der Waals surface area contributed by atoms with Crippen LogP contribution in [0.1, 0.15) is 19.4 Å². The zero-order valence-corrected chi connectivity index (χ0v) is 10.8. The number of carboxylic acids is 1. The zero-order valence-electron chi connectivity index (χ0n) is 10.8. The number of pyridine rings is 1. The lowest BCUT2D eigenvalue weighted by atomic mass is 10.0. The van der Waals surface area contributed by atoms with Gasteiger partial charge in [-0.05, 0) is 23.6 Å². The van der Waals surface area contributed by atoms with Gasteiger partial charge in [0.1, 0.15) is 6.04 Å². The lowest BCUT2D eigenvalue weighted by Gasteiger charge is -2.27. The summed E-state index contributed by atoms with van der Waals surface area (Å²) in [4.78, 5) is 28.3. The quantitative estimate of drug-likeness (QED) is 0.852. The van der Waals surface area contributed by atoms with Gasteiger partial charge in [0, 0.05) is 19.4 Å². The zero-order chi connectivity index (χ0) is 13.7. The summed E-state index contributed by atoms with van der Waals surface area (Å²) in [5, 5.41) is 9.13. The maximum Gasteiger partial charge on any atom is 0.326 e. The van der Waals surface area contributed by atoms with Crippen molar-refractivity contribution in [2.24, 2.45) is 5.92 Å². The number of amides is 1. The normalized spacial score (nSPS) is 12.2. The van der Waals surface area contributed by atoms with Crippen LogP contribution in [-0.2, 0) is 16.0 Å². The molecule has 1 rings (SSSR count). The van der Waals surface area contributed by atoms with Crippen LogP contribution in [0.2, 0.25) is 0 Å². The van der Waals surface area contributed by atoms with Crippen molar-refractivity contribution in [3.05, 3.63) is 30.1 Å². The number of aromatic nitrogens is 1. The number of carbonyl (C=O) groups excluding carboxylic acids is 1. The Morgan fingerprint density at radius 3 is 2.33 bits per heavy atom. The number of carbonyl (C=O) groups is 2. The molecule has 0 radical (unpaired) electrons. The SMILES string of the molecule is CC(C)C(C(=O)O)N(C)C(=O)Cc1ccncc1. The molecule has 1 unspecified atom stereocenters. The van der Waals surface area contributed by atoms with Crippen molar-refractivity contribution >= 4 is 11.9 Å². The van der Waals surface area contributed by atoms with Crippen LogP contribution >= 0.6 is 0 Å². The summed E-state index contributed by atoms with van der Waals surface area (Å²) in [7, 11) is 1.53. The topological polar surface area (TPSA) is 70.5 Å². The smallest absolute Gasteiger partial charge is 0.326 e. The van der Waals surface area contributed by atoms with Crippen molar-refractivity contribution < 1.29 is 14.7 Å². The highest BCUT2D eigenvalue weighted by atomic mass is 16.4. The lowest BCUT2D eigenvalue weighted by molar-refractivity contribution is -0.150. The summed E-state index contributed by atoms with van der Waals surface area (Å²) in [6.07, 6.45) is 3.41. The van der Waals surface area contributed by atoms with E-state index < -0.39 is 12.0 Å². The number of nitrogens with zero attached hydrogens (tertiary/aromatic N) is 2. The molecule has 5 nitrogen and oxygen atoms in total. The predicted octanol–water partition coefficient (Wildman–Crippen LogP) is 1.19. The fourth-order valence-electron chi connectivity index (χ4n) is 1.85. The maximum absolute atomic E-state index is 12.0. The number of hydrogen-bond acceptors (Lipinski definition) is 3. The number of hydrogen-bond donors (Lipinski definition) is 1. The van der Waals surface area contributed by atoms with Gasteiger partial charge in [0.05, 0.1) is 6.42 Å². The Morgan fingerprint density at radius 1 is 1.33 bits per heavy atom. The first-order valence-corrected chi connectivity index (χ1v) is 5.81. The first-order chi connectivity index (χ1) is 8.43. The van der Waals surface area contributed by atoms with Crippen molar-refractivity contribution in [1.29, 1.82) is 0 Å². The molecule has 1 atom stereocenters. The van der Waals surface area contributed by atoms with E-state index in [4.69, 9.17) is 5.11 Å². The van der Waals surface area contributed by atoms with Crippen molar-refractivity contribution in [3.63, 3.8) is 0 Å². The van der Waals surface area contributed by atoms with E-state index in [1.165, 1.54) is 11.9 Å². The summed E-state index contributed by atoms with van der Waals surface area (Å²) in [5.41, 5.74) is 0.828. The third-order valence-corrected chi connectivity index (χ3v) is 2.80. The summed E-state index contributed by atoms with van der Waals surface area (Å²) >= 11 is 0. The second-order valence-electron chi connectivity index (χ2n) is 4.56. The Hall–Kier alpha value is -1.91. The van der Waals surface area contributed by atoms with E-state index in [-0.39, 0.29) is 18.2 Å². The molecule has 98 valence electrons. The van der Waals surface area contributed by atoms with E-state index in [1.54, 1.807) is 38.4 Å². The molecule has 0 aliphatic heterocycles. The molecule has 0 bridgehead atoms. The van der Waals surface area contributed by atoms with Gasteiger partial charge >= 0.3 is 5.97 Å². The minimum Gasteiger partial charge on any atom is -0.480 e. The fraction of sp³-hybridized carbons (Fsp3) is 0.462. The molecule has 1 N–H and O–H groups in total. The molecule has 0 saturated heterocycles. The molecule has 0 aromatic carbocycles. The molecule has 0 aliphatic carbocycles. The van der Waals surface area contributed by atoms with Gasteiger partial charge in [-0.3, -0.25) is 9.78 Å². The second kappa shape index (κ2) is 6.14. The van der Waals surface area contributed by atoms with Crippen LogP contribution in [0, 0.1) is 5.92 Å². The maximum atomic E-state index is 12.0. The predicted molar refractivity (Wildman–Crippen MR) is 67.0 cm³/mol. The molecule has 18 heavy (non-hydrogen) atoms. The van der Waals surface area contributed by atoms with Gasteiger partial charge in [-0.1, -0.05) is 13.8 Å². The number of aliphatic carboxylic acids is 1. The van der Waals surface area contributed by atoms with Crippen molar-refractivity contribution in [2.75, 3.05) is 7.05 Å². The average molecular weight is 250 g/mol. The third kappa shape index (κ3) is 3.55. The standard InChI is InChI=1S/C13H18N2O3/c1-9(2)12(13(17)18)15(3)11(16)8-10-4-6-14-7-5-10/h4-7,9,12H,8H2,1-3H3,(H,17,18). The van der Waals surface area contributed by atoms with E-state index in [0.29, 0.717) is 0 Å². The monoisotopic (exact) mass is 250 g/mol. The third-order valence-electron chi connectivity index (χ3n) is 2.80. The van der Waals surface area contributed by atoms with E-state index in [9.17, 15) is 9.59 Å². The van der Waals surface area contributed by atoms with E-state index in [0.717, 1.165) is 5.56 Å². The van der Waals surface area contributed by atoms with Crippen LogP contribution in [0.4, 0.5) is 0 Å². The molecule has 0 fully saturated rings. The summed E-state index contributed by atoms with van der Waals surface area (Å²) in [5.74, 6) is -1.31. The van der Waals surface area contributed by atoms with Crippen LogP contribution in [0.15, 0.2) is 24.5 Å². The van der Waals surface area contributed by atoms with Gasteiger partial charge in [-0.15, -0.1) is 0 Å². The Labute approximate surface area is 106 Å². The van der Waals surface area contributed by atoms with Crippen LogP contribution in [-0.4, -0.2) is 40.0 Å². The minimum absolute atomic E-state index is 0.131. The number of carboxylic acid groups (broad SMARTS) is 1. The van der Waals surface area contributed by atoms with Gasteiger partial charge in [-0.25, -0.2) is 4.79 Å². The number of likely N-dealkylation sites (N-methyl/N-ethyl adjacent to an activating group) is 1. The molecular weight excluding hydrogens is 232 g/mol. The van der Waals surface area contributed by atoms with Gasteiger partial charge in [0.15, 0.2) is 0 Å². The molecule has 0 saturated carbocycles. The van der Waals surface area contributed by atoms with E-state index in [1.807, 2.05) is 0 Å². The Bertz CT molecular complexity index is 418. The summed E-state index contributed by atoms with van der Waals surface area (Å²) in [6, 6.07) is 2.70. The molecule has 0 aliphatic rings. The second-order valence-corrected chi connectivity index (χ2v) is 4.56. The highest BCUT2D eigenvalue weighted by Crippen LogP contribution is 2.11. The van der Waals surface area contributed by atoms with Gasteiger partial charge in [-0.2, -0.15) is 0 Å². The van der Waals surface area contributed by atoms with Crippen LogP contribution in [0.25, 0.3) is 0 Å². The lowest BCUT2D eigenvalue weighted by Crippen LogP contribution is -2.46. The first-order valence-electron chi connectivity index (χ1n) is 5.81. The highest BCUT2D eigenvalue weighted by Gasteiger charge is 2.29. The average Bonchev–Trinajstić information content (AvgIpc) is 2.29. The molecule has 0 spiro atoms. The van der Waals surface area contributed by atoms with Crippen molar-refractivity contribution in [1.82, 2.24) is 9.88 Å². The van der Waals surface area contributed by atoms with Gasteiger partial charge in [0.2, 0.25) is 5.91 Å². The van der Waals surface area contributed by atoms with Gasteiger partial charge in [0.25, 0.3) is 0 Å². The molecule has 5 heteroatoms. The van der Waals surface area contributed by atoms with Gasteiger partial charge < -0.3 is 10.0 Å². The van der Waals surface area contributed by atoms with Crippen LogP contribution in [0.3, 0.4) is 0 Å². The molecular formula is C13H18N2O3. The molecule has 1 amide bonds. The van der Waals surface area contributed by atoms with E-state index >= 15 is 0 Å². The highest BCUT2D eigenvalue weighted by molar-refractivity contribution is 5.84. The fourth-order valence-corrected chi connectivity index (χ4v) is 1.85. The largest absolute Gasteiger partial charge is 0.480 e. The number of rotatable bonds is 5. The van der Waals surface area contributed by atoms with Crippen LogP contribution < -0.4 is 0 Å². The summed E-state index contributed by atoms with van der Waals surface area (Å²) < 4.78 is 0. The van der Waals surface area contributed by atoms with Crippen LogP contribution in [0.5, 0.6) is 0 Å². The van der Waals surface area contributed by atoms with Crippen molar-refractivity contribution in [2.45, 2.75) is 26.3 Å². The Morgan fingerprint density at radius 2 is 1.89 bits per heavy atom. The molecule has 1 aromatic rings. The Kier molecular flexibility index (Phi) is 4.83. The summed E-state index contributed by atoms with van der Waals surface area (Å²) in [6.45, 7) is 3.57. The molecule has 1 aromatic heterocycles. The molecule has 1 heterocycles. The van der Waals surface area contributed by atoms with Crippen molar-refractivity contribution in [3.8, 4) is 0 Å². The Balaban J connectivity index is 2.74.